The molecule has 0 saturated heterocycles. The van der Waals surface area contributed by atoms with Gasteiger partial charge in [0, 0.05) is 27.1 Å². The van der Waals surface area contributed by atoms with Crippen LogP contribution < -0.4 is 0 Å². The number of thioether (sulfide) groups is 1. The monoisotopic (exact) mass is 292 g/mol. The van der Waals surface area contributed by atoms with Gasteiger partial charge < -0.3 is 18.9 Å². The zero-order valence-corrected chi connectivity index (χ0v) is 12.3. The van der Waals surface area contributed by atoms with Crippen LogP contribution in [0.2, 0.25) is 0 Å². The summed E-state index contributed by atoms with van der Waals surface area (Å²) in [7, 11) is 4.80. The Hall–Kier alpha value is -0.740. The summed E-state index contributed by atoms with van der Waals surface area (Å²) in [6.45, 7) is 2.27. The van der Waals surface area contributed by atoms with Crippen LogP contribution in [0.15, 0.2) is 5.16 Å². The van der Waals surface area contributed by atoms with Crippen molar-refractivity contribution in [3.05, 3.63) is 0 Å². The van der Waals surface area contributed by atoms with Gasteiger partial charge in [-0.15, -0.1) is 5.10 Å². The van der Waals surface area contributed by atoms with Crippen molar-refractivity contribution in [1.29, 1.82) is 0 Å². The Kier molecular flexibility index (Phi) is 8.67. The molecule has 1 rings (SSSR count). The summed E-state index contributed by atoms with van der Waals surface area (Å²) in [6.07, 6.45) is -0.360. The lowest BCUT2D eigenvalue weighted by Crippen LogP contribution is -2.22. The van der Waals surface area contributed by atoms with Crippen LogP contribution in [0, 0.1) is 0 Å². The van der Waals surface area contributed by atoms with Crippen LogP contribution in [0.1, 0.15) is 0 Å². The number of hydrogen-bond donors (Lipinski definition) is 0. The van der Waals surface area contributed by atoms with E-state index in [4.69, 9.17) is 18.9 Å². The van der Waals surface area contributed by atoms with Gasteiger partial charge in [0.25, 0.3) is 0 Å². The third-order valence-corrected chi connectivity index (χ3v) is 3.16. The first-order valence-electron chi connectivity index (χ1n) is 5.83. The molecule has 0 aliphatic rings. The molecule has 0 saturated carbocycles. The molecule has 0 radical (unpaired) electrons. The van der Waals surface area contributed by atoms with E-state index in [1.807, 2.05) is 0 Å². The molecule has 0 unspecified atom stereocenters. The largest absolute Gasteiger partial charge is 0.382 e. The SMILES string of the molecule is COCCOCCSc1nnnn1CC(OC)OC. The number of ether oxygens (including phenoxy) is 4. The maximum Gasteiger partial charge on any atom is 0.209 e. The maximum absolute atomic E-state index is 5.36. The quantitative estimate of drug-likeness (QED) is 0.321. The normalized spacial score (nSPS) is 11.4. The van der Waals surface area contributed by atoms with Crippen molar-refractivity contribution in [1.82, 2.24) is 20.2 Å². The Morgan fingerprint density at radius 1 is 1.16 bits per heavy atom. The fourth-order valence-corrected chi connectivity index (χ4v) is 1.98. The highest BCUT2D eigenvalue weighted by Gasteiger charge is 2.12. The maximum atomic E-state index is 5.36. The average Bonchev–Trinajstić information content (AvgIpc) is 2.87. The van der Waals surface area contributed by atoms with Crippen molar-refractivity contribution >= 4 is 11.8 Å². The summed E-state index contributed by atoms with van der Waals surface area (Å²) >= 11 is 1.52. The van der Waals surface area contributed by atoms with Gasteiger partial charge in [0.2, 0.25) is 5.16 Å². The van der Waals surface area contributed by atoms with Gasteiger partial charge in [-0.2, -0.15) is 0 Å². The molecule has 8 nitrogen and oxygen atoms in total. The minimum Gasteiger partial charge on any atom is -0.382 e. The number of tetrazole rings is 1. The van der Waals surface area contributed by atoms with Crippen LogP contribution in [0.5, 0.6) is 0 Å². The van der Waals surface area contributed by atoms with Crippen LogP contribution in [-0.4, -0.2) is 73.4 Å². The van der Waals surface area contributed by atoms with Crippen molar-refractivity contribution in [2.45, 2.75) is 18.0 Å². The molecule has 9 heteroatoms. The number of aromatic nitrogens is 4. The smallest absolute Gasteiger partial charge is 0.209 e. The molecule has 0 bridgehead atoms. The molecule has 1 aromatic rings. The highest BCUT2D eigenvalue weighted by Crippen LogP contribution is 2.13. The lowest BCUT2D eigenvalue weighted by Gasteiger charge is -2.13. The lowest BCUT2D eigenvalue weighted by atomic mass is 10.6. The van der Waals surface area contributed by atoms with Crippen LogP contribution in [0.3, 0.4) is 0 Å². The summed E-state index contributed by atoms with van der Waals surface area (Å²) < 4.78 is 22.1. The second kappa shape index (κ2) is 10.1. The van der Waals surface area contributed by atoms with E-state index in [-0.39, 0.29) is 6.29 Å². The molecule has 0 spiro atoms. The summed E-state index contributed by atoms with van der Waals surface area (Å²) in [5, 5.41) is 12.2. The van der Waals surface area contributed by atoms with Crippen LogP contribution in [-0.2, 0) is 25.5 Å². The molecule has 19 heavy (non-hydrogen) atoms. The number of nitrogens with zero attached hydrogens (tertiary/aromatic N) is 4. The minimum atomic E-state index is -0.360. The highest BCUT2D eigenvalue weighted by atomic mass is 32.2. The van der Waals surface area contributed by atoms with Gasteiger partial charge in [0.15, 0.2) is 6.29 Å². The second-order valence-corrected chi connectivity index (χ2v) is 4.56. The Morgan fingerprint density at radius 3 is 2.63 bits per heavy atom. The zero-order chi connectivity index (χ0) is 13.9. The highest BCUT2D eigenvalue weighted by molar-refractivity contribution is 7.99. The third-order valence-electron chi connectivity index (χ3n) is 2.24. The van der Waals surface area contributed by atoms with Gasteiger partial charge in [-0.3, -0.25) is 0 Å². The van der Waals surface area contributed by atoms with Crippen molar-refractivity contribution in [3.8, 4) is 0 Å². The Labute approximate surface area is 116 Å². The van der Waals surface area contributed by atoms with Crippen LogP contribution in [0.4, 0.5) is 0 Å². The van der Waals surface area contributed by atoms with Gasteiger partial charge in [-0.25, -0.2) is 4.68 Å². The molecule has 0 amide bonds. The predicted octanol–water partition coefficient (Wildman–Crippen LogP) is 0.0471. The number of hydrogen-bond acceptors (Lipinski definition) is 8. The molecule has 1 aromatic heterocycles. The first-order chi connectivity index (χ1) is 9.31. The number of methoxy groups -OCH3 is 3. The lowest BCUT2D eigenvalue weighted by molar-refractivity contribution is -0.113. The van der Waals surface area contributed by atoms with E-state index >= 15 is 0 Å². The van der Waals surface area contributed by atoms with E-state index in [1.165, 1.54) is 11.8 Å². The summed E-state index contributed by atoms with van der Waals surface area (Å²) in [5.41, 5.74) is 0. The summed E-state index contributed by atoms with van der Waals surface area (Å²) in [5.74, 6) is 0.773. The number of rotatable bonds is 11. The Bertz CT molecular complexity index is 335. The first-order valence-corrected chi connectivity index (χ1v) is 6.81. The molecular formula is C10H20N4O4S. The van der Waals surface area contributed by atoms with Gasteiger partial charge in [-0.05, 0) is 10.4 Å². The van der Waals surface area contributed by atoms with Gasteiger partial charge in [0.05, 0.1) is 26.4 Å². The van der Waals surface area contributed by atoms with Crippen molar-refractivity contribution in [2.75, 3.05) is 46.9 Å². The minimum absolute atomic E-state index is 0.360. The van der Waals surface area contributed by atoms with E-state index in [2.05, 4.69) is 15.5 Å². The summed E-state index contributed by atoms with van der Waals surface area (Å²) in [6, 6.07) is 0. The van der Waals surface area contributed by atoms with Crippen LogP contribution in [0.25, 0.3) is 0 Å². The van der Waals surface area contributed by atoms with Gasteiger partial charge >= 0.3 is 0 Å². The van der Waals surface area contributed by atoms with Crippen molar-refractivity contribution in [3.63, 3.8) is 0 Å². The van der Waals surface area contributed by atoms with Gasteiger partial charge in [0.1, 0.15) is 0 Å². The van der Waals surface area contributed by atoms with E-state index in [9.17, 15) is 0 Å². The van der Waals surface area contributed by atoms with E-state index in [0.717, 1.165) is 10.9 Å². The standard InChI is InChI=1S/C10H20N4O4S/c1-15-4-5-18-6-7-19-10-11-12-13-14(10)8-9(16-2)17-3/h9H,4-8H2,1-3H3. The van der Waals surface area contributed by atoms with E-state index < -0.39 is 0 Å². The Balaban J connectivity index is 2.28. The zero-order valence-electron chi connectivity index (χ0n) is 11.4. The molecule has 0 atom stereocenters. The molecular weight excluding hydrogens is 272 g/mol. The Morgan fingerprint density at radius 2 is 1.95 bits per heavy atom. The predicted molar refractivity (Wildman–Crippen MR) is 69.0 cm³/mol. The molecule has 110 valence electrons. The molecule has 0 N–H and O–H groups in total. The van der Waals surface area contributed by atoms with E-state index in [0.29, 0.717) is 26.4 Å². The molecule has 0 aliphatic heterocycles. The fraction of sp³-hybridized carbons (Fsp3) is 0.900. The third kappa shape index (κ3) is 6.30. The van der Waals surface area contributed by atoms with E-state index in [1.54, 1.807) is 26.0 Å². The average molecular weight is 292 g/mol. The topological polar surface area (TPSA) is 80.5 Å². The second-order valence-electron chi connectivity index (χ2n) is 3.50. The van der Waals surface area contributed by atoms with Crippen LogP contribution >= 0.6 is 11.8 Å². The molecule has 1 heterocycles. The molecule has 0 fully saturated rings. The molecule has 0 aliphatic carbocycles. The summed E-state index contributed by atoms with van der Waals surface area (Å²) in [4.78, 5) is 0. The fourth-order valence-electron chi connectivity index (χ4n) is 1.24. The van der Waals surface area contributed by atoms with Crippen molar-refractivity contribution in [2.24, 2.45) is 0 Å². The van der Waals surface area contributed by atoms with Crippen molar-refractivity contribution < 1.29 is 18.9 Å². The first kappa shape index (κ1) is 16.3. The van der Waals surface area contributed by atoms with Gasteiger partial charge in [-0.1, -0.05) is 11.8 Å². The molecule has 0 aromatic carbocycles.